The molecule has 2 N–H and O–H groups in total. The van der Waals surface area contributed by atoms with E-state index in [1.54, 1.807) is 13.2 Å². The Morgan fingerprint density at radius 1 is 1.33 bits per heavy atom. The number of alkyl halides is 1. The van der Waals surface area contributed by atoms with Crippen LogP contribution in [-0.4, -0.2) is 17.0 Å². The lowest BCUT2D eigenvalue weighted by atomic mass is 10.2. The normalized spacial score (nSPS) is 10.2. The summed E-state index contributed by atoms with van der Waals surface area (Å²) in [5, 5.41) is 6.46. The van der Waals surface area contributed by atoms with Gasteiger partial charge in [0.05, 0.1) is 6.20 Å². The summed E-state index contributed by atoms with van der Waals surface area (Å²) in [6.07, 6.45) is 1.55. The van der Waals surface area contributed by atoms with Crippen LogP contribution < -0.4 is 10.6 Å². The molecule has 2 rings (SSSR count). The van der Waals surface area contributed by atoms with Crippen LogP contribution in [0.2, 0.25) is 5.02 Å². The van der Waals surface area contributed by atoms with E-state index in [0.717, 1.165) is 11.3 Å². The summed E-state index contributed by atoms with van der Waals surface area (Å²) >= 11 is 11.8. The fourth-order valence-electron chi connectivity index (χ4n) is 1.44. The van der Waals surface area contributed by atoms with E-state index in [1.807, 2.05) is 24.3 Å². The zero-order valence-corrected chi connectivity index (χ0v) is 11.3. The van der Waals surface area contributed by atoms with E-state index in [9.17, 15) is 0 Å². The molecule has 0 amide bonds. The SMILES string of the molecule is CNc1ncc(Cl)c(Nc2cccc(CCl)c2)n1. The summed E-state index contributed by atoms with van der Waals surface area (Å²) in [6, 6.07) is 7.75. The maximum Gasteiger partial charge on any atom is 0.224 e. The number of hydrogen-bond donors (Lipinski definition) is 2. The largest absolute Gasteiger partial charge is 0.357 e. The first kappa shape index (κ1) is 12.9. The fourth-order valence-corrected chi connectivity index (χ4v) is 1.75. The standard InChI is InChI=1S/C12H12Cl2N4/c1-15-12-16-7-10(14)11(18-12)17-9-4-2-3-8(5-9)6-13/h2-5,7H,6H2,1H3,(H2,15,16,17,18). The van der Waals surface area contributed by atoms with E-state index >= 15 is 0 Å². The minimum Gasteiger partial charge on any atom is -0.357 e. The van der Waals surface area contributed by atoms with Crippen LogP contribution >= 0.6 is 23.2 Å². The molecule has 0 atom stereocenters. The van der Waals surface area contributed by atoms with Crippen molar-refractivity contribution in [3.8, 4) is 0 Å². The number of anilines is 3. The van der Waals surface area contributed by atoms with Gasteiger partial charge in [-0.2, -0.15) is 4.98 Å². The van der Waals surface area contributed by atoms with Gasteiger partial charge in [-0.25, -0.2) is 4.98 Å². The average Bonchev–Trinajstić information content (AvgIpc) is 2.41. The molecule has 0 bridgehead atoms. The first-order valence-electron chi connectivity index (χ1n) is 5.35. The van der Waals surface area contributed by atoms with Crippen molar-refractivity contribution in [1.29, 1.82) is 0 Å². The molecule has 4 nitrogen and oxygen atoms in total. The maximum atomic E-state index is 6.04. The highest BCUT2D eigenvalue weighted by molar-refractivity contribution is 6.32. The highest BCUT2D eigenvalue weighted by Gasteiger charge is 2.05. The van der Waals surface area contributed by atoms with Gasteiger partial charge in [0, 0.05) is 18.6 Å². The van der Waals surface area contributed by atoms with Crippen LogP contribution in [0.4, 0.5) is 17.5 Å². The Kier molecular flexibility index (Phi) is 4.23. The molecule has 6 heteroatoms. The molecule has 0 saturated heterocycles. The number of nitrogens with zero attached hydrogens (tertiary/aromatic N) is 2. The number of nitrogens with one attached hydrogen (secondary N) is 2. The smallest absolute Gasteiger partial charge is 0.224 e. The third-order valence-corrected chi connectivity index (χ3v) is 2.90. The number of rotatable bonds is 4. The number of halogens is 2. The fraction of sp³-hybridized carbons (Fsp3) is 0.167. The average molecular weight is 283 g/mol. The Morgan fingerprint density at radius 3 is 2.89 bits per heavy atom. The van der Waals surface area contributed by atoms with Crippen LogP contribution in [0, 0.1) is 0 Å². The first-order chi connectivity index (χ1) is 8.72. The summed E-state index contributed by atoms with van der Waals surface area (Å²) in [7, 11) is 1.75. The summed E-state index contributed by atoms with van der Waals surface area (Å²) in [5.41, 5.74) is 1.91. The van der Waals surface area contributed by atoms with E-state index in [4.69, 9.17) is 23.2 Å². The molecule has 0 spiro atoms. The van der Waals surface area contributed by atoms with Gasteiger partial charge in [0.1, 0.15) is 5.02 Å². The van der Waals surface area contributed by atoms with Crippen molar-refractivity contribution in [1.82, 2.24) is 9.97 Å². The third-order valence-electron chi connectivity index (χ3n) is 2.31. The van der Waals surface area contributed by atoms with Crippen molar-refractivity contribution in [3.05, 3.63) is 41.0 Å². The summed E-state index contributed by atoms with van der Waals surface area (Å²) in [6.45, 7) is 0. The first-order valence-corrected chi connectivity index (χ1v) is 6.26. The Hall–Kier alpha value is -1.52. The van der Waals surface area contributed by atoms with Crippen LogP contribution in [0.5, 0.6) is 0 Å². The molecule has 18 heavy (non-hydrogen) atoms. The van der Waals surface area contributed by atoms with Crippen molar-refractivity contribution in [2.45, 2.75) is 5.88 Å². The molecule has 0 aliphatic rings. The number of aromatic nitrogens is 2. The minimum atomic E-state index is 0.463. The predicted molar refractivity (Wildman–Crippen MR) is 75.9 cm³/mol. The minimum absolute atomic E-state index is 0.463. The van der Waals surface area contributed by atoms with Crippen molar-refractivity contribution in [2.75, 3.05) is 17.7 Å². The molecule has 1 aromatic carbocycles. The number of benzene rings is 1. The van der Waals surface area contributed by atoms with Gasteiger partial charge >= 0.3 is 0 Å². The molecule has 0 fully saturated rings. The van der Waals surface area contributed by atoms with Gasteiger partial charge in [0.25, 0.3) is 0 Å². The van der Waals surface area contributed by atoms with E-state index in [2.05, 4.69) is 20.6 Å². The third kappa shape index (κ3) is 3.03. The summed E-state index contributed by atoms with van der Waals surface area (Å²) in [5.74, 6) is 1.53. The Balaban J connectivity index is 2.27. The van der Waals surface area contributed by atoms with Crippen molar-refractivity contribution < 1.29 is 0 Å². The molecular formula is C12H12Cl2N4. The van der Waals surface area contributed by atoms with Gasteiger partial charge in [-0.1, -0.05) is 23.7 Å². The summed E-state index contributed by atoms with van der Waals surface area (Å²) < 4.78 is 0. The quantitative estimate of drug-likeness (QED) is 0.841. The highest BCUT2D eigenvalue weighted by Crippen LogP contribution is 2.24. The van der Waals surface area contributed by atoms with Gasteiger partial charge in [-0.3, -0.25) is 0 Å². The molecule has 0 radical (unpaired) electrons. The molecule has 2 aromatic rings. The Morgan fingerprint density at radius 2 is 2.17 bits per heavy atom. The monoisotopic (exact) mass is 282 g/mol. The molecular weight excluding hydrogens is 271 g/mol. The molecule has 0 saturated carbocycles. The van der Waals surface area contributed by atoms with Gasteiger partial charge in [-0.15, -0.1) is 11.6 Å². The van der Waals surface area contributed by atoms with Crippen molar-refractivity contribution in [2.24, 2.45) is 0 Å². The van der Waals surface area contributed by atoms with Gasteiger partial charge in [0.2, 0.25) is 5.95 Å². The predicted octanol–water partition coefficient (Wildman–Crippen LogP) is 3.65. The highest BCUT2D eigenvalue weighted by atomic mass is 35.5. The number of hydrogen-bond acceptors (Lipinski definition) is 4. The second-order valence-corrected chi connectivity index (χ2v) is 4.27. The molecule has 0 aliphatic heterocycles. The zero-order valence-electron chi connectivity index (χ0n) is 9.74. The van der Waals surface area contributed by atoms with Crippen LogP contribution in [0.15, 0.2) is 30.5 Å². The lowest BCUT2D eigenvalue weighted by Gasteiger charge is -2.09. The van der Waals surface area contributed by atoms with Crippen LogP contribution in [0.25, 0.3) is 0 Å². The van der Waals surface area contributed by atoms with Crippen LogP contribution in [0.3, 0.4) is 0 Å². The van der Waals surface area contributed by atoms with Crippen LogP contribution in [0.1, 0.15) is 5.56 Å². The lowest BCUT2D eigenvalue weighted by Crippen LogP contribution is -2.01. The lowest BCUT2D eigenvalue weighted by molar-refractivity contribution is 1.15. The summed E-state index contributed by atoms with van der Waals surface area (Å²) in [4.78, 5) is 8.26. The second kappa shape index (κ2) is 5.89. The Labute approximate surface area is 115 Å². The van der Waals surface area contributed by atoms with E-state index in [1.165, 1.54) is 0 Å². The molecule has 0 aliphatic carbocycles. The second-order valence-electron chi connectivity index (χ2n) is 3.60. The molecule has 1 heterocycles. The van der Waals surface area contributed by atoms with E-state index in [-0.39, 0.29) is 0 Å². The molecule has 0 unspecified atom stereocenters. The topological polar surface area (TPSA) is 49.8 Å². The van der Waals surface area contributed by atoms with Crippen molar-refractivity contribution >= 4 is 40.7 Å². The zero-order chi connectivity index (χ0) is 13.0. The van der Waals surface area contributed by atoms with Gasteiger partial charge in [-0.05, 0) is 17.7 Å². The molecule has 94 valence electrons. The molecule has 1 aromatic heterocycles. The van der Waals surface area contributed by atoms with Gasteiger partial charge in [0.15, 0.2) is 5.82 Å². The maximum absolute atomic E-state index is 6.04. The van der Waals surface area contributed by atoms with E-state index in [0.29, 0.717) is 22.7 Å². The Bertz CT molecular complexity index is 545. The van der Waals surface area contributed by atoms with Crippen LogP contribution in [-0.2, 0) is 5.88 Å². The van der Waals surface area contributed by atoms with Crippen molar-refractivity contribution in [3.63, 3.8) is 0 Å². The van der Waals surface area contributed by atoms with Gasteiger partial charge < -0.3 is 10.6 Å². The van der Waals surface area contributed by atoms with E-state index < -0.39 is 0 Å².